The van der Waals surface area contributed by atoms with E-state index >= 15 is 0 Å². The van der Waals surface area contributed by atoms with Gasteiger partial charge in [0.1, 0.15) is 0 Å². The predicted octanol–water partition coefficient (Wildman–Crippen LogP) is 7.87. The maximum Gasteiger partial charge on any atom is 0.315 e. The highest BCUT2D eigenvalue weighted by Crippen LogP contribution is 2.48. The Labute approximate surface area is 320 Å². The lowest BCUT2D eigenvalue weighted by Crippen LogP contribution is -2.46. The average molecular weight is 744 g/mol. The van der Waals surface area contributed by atoms with Gasteiger partial charge in [-0.3, -0.25) is 9.59 Å². The highest BCUT2D eigenvalue weighted by atomic mass is 32.2. The van der Waals surface area contributed by atoms with Crippen LogP contribution in [0.25, 0.3) is 0 Å². The monoisotopic (exact) mass is 743 g/mol. The molecule has 1 unspecified atom stereocenters. The largest absolute Gasteiger partial charge is 0.392 e. The number of hydrogen-bond acceptors (Lipinski definition) is 7. The number of aliphatic hydroxyl groups is 1. The quantitative estimate of drug-likeness (QED) is 0.0854. The molecule has 5 atom stereocenters. The molecule has 5 aromatic rings. The summed E-state index contributed by atoms with van der Waals surface area (Å²) in [7, 11) is 0. The predicted molar refractivity (Wildman–Crippen MR) is 211 cm³/mol. The normalized spacial score (nSPS) is 18.6. The molecule has 10 heteroatoms. The van der Waals surface area contributed by atoms with Crippen molar-refractivity contribution < 1.29 is 29.0 Å². The van der Waals surface area contributed by atoms with Gasteiger partial charge in [-0.2, -0.15) is 0 Å². The molecule has 54 heavy (non-hydrogen) atoms. The van der Waals surface area contributed by atoms with Crippen LogP contribution in [-0.2, 0) is 38.6 Å². The minimum absolute atomic E-state index is 0.0481. The second kappa shape index (κ2) is 18.7. The molecule has 278 valence electrons. The Bertz CT molecular complexity index is 1980. The molecular weight excluding hydrogens is 699 g/mol. The van der Waals surface area contributed by atoms with Gasteiger partial charge >= 0.3 is 6.03 Å². The van der Waals surface area contributed by atoms with Gasteiger partial charge in [0.2, 0.25) is 5.91 Å². The molecule has 0 radical (unpaired) electrons. The molecule has 1 heterocycles. The van der Waals surface area contributed by atoms with Gasteiger partial charge in [-0.1, -0.05) is 109 Å². The van der Waals surface area contributed by atoms with E-state index in [4.69, 9.17) is 9.47 Å². The highest BCUT2D eigenvalue weighted by molar-refractivity contribution is 7.99. The van der Waals surface area contributed by atoms with Crippen molar-refractivity contribution in [1.29, 1.82) is 0 Å². The van der Waals surface area contributed by atoms with E-state index in [0.717, 1.165) is 44.0 Å². The topological polar surface area (TPSA) is 126 Å². The van der Waals surface area contributed by atoms with Crippen LogP contribution in [0, 0.1) is 0 Å². The summed E-state index contributed by atoms with van der Waals surface area (Å²) in [4.78, 5) is 37.7. The van der Waals surface area contributed by atoms with Crippen LogP contribution in [-0.4, -0.2) is 40.7 Å². The van der Waals surface area contributed by atoms with Gasteiger partial charge in [0, 0.05) is 41.3 Å². The van der Waals surface area contributed by atoms with E-state index in [1.165, 1.54) is 13.8 Å². The minimum Gasteiger partial charge on any atom is -0.392 e. The Kier molecular flexibility index (Phi) is 13.3. The van der Waals surface area contributed by atoms with Crippen molar-refractivity contribution in [3.63, 3.8) is 0 Å². The van der Waals surface area contributed by atoms with Crippen molar-refractivity contribution in [2.24, 2.45) is 0 Å². The minimum atomic E-state index is -0.681. The van der Waals surface area contributed by atoms with Crippen LogP contribution in [0.1, 0.15) is 65.5 Å². The summed E-state index contributed by atoms with van der Waals surface area (Å²) >= 11 is 1.68. The van der Waals surface area contributed by atoms with Crippen LogP contribution in [0.5, 0.6) is 0 Å². The number of ether oxygens (including phenoxy) is 2. The SMILES string of the molecule is CC(=O)Nc1ccc(SC[C@H]2OC(c3ccc(CNC(=O)N[C@H](Cc4ccccc4)C(C)=O)cc3)O[C@@H](c3ccc(CO)cc3)[C@@H]2c2ccccc2)cc1. The maximum atomic E-state index is 12.8. The number of amides is 3. The molecule has 1 aliphatic rings. The van der Waals surface area contributed by atoms with Crippen LogP contribution in [0.15, 0.2) is 138 Å². The summed E-state index contributed by atoms with van der Waals surface area (Å²) < 4.78 is 13.7. The van der Waals surface area contributed by atoms with Crippen molar-refractivity contribution in [2.45, 2.75) is 68.8 Å². The Morgan fingerprint density at radius 1 is 0.704 bits per heavy atom. The van der Waals surface area contributed by atoms with Gasteiger partial charge in [0.15, 0.2) is 12.1 Å². The van der Waals surface area contributed by atoms with Crippen molar-refractivity contribution in [2.75, 3.05) is 11.1 Å². The summed E-state index contributed by atoms with van der Waals surface area (Å²) in [5.74, 6) is 0.260. The van der Waals surface area contributed by atoms with E-state index in [-0.39, 0.29) is 43.0 Å². The summed E-state index contributed by atoms with van der Waals surface area (Å²) in [6.45, 7) is 3.19. The molecule has 4 N–H and O–H groups in total. The summed E-state index contributed by atoms with van der Waals surface area (Å²) in [5, 5.41) is 18.2. The van der Waals surface area contributed by atoms with E-state index < -0.39 is 18.4 Å². The van der Waals surface area contributed by atoms with Gasteiger partial charge < -0.3 is 30.5 Å². The molecule has 0 saturated carbocycles. The Morgan fingerprint density at radius 2 is 1.33 bits per heavy atom. The maximum absolute atomic E-state index is 12.8. The number of benzene rings is 5. The van der Waals surface area contributed by atoms with E-state index in [2.05, 4.69) is 28.1 Å². The molecule has 1 saturated heterocycles. The molecular formula is C44H45N3O6S. The Morgan fingerprint density at radius 3 is 1.96 bits per heavy atom. The van der Waals surface area contributed by atoms with Crippen molar-refractivity contribution in [3.05, 3.63) is 167 Å². The molecule has 0 spiro atoms. The number of nitrogens with one attached hydrogen (secondary N) is 3. The first-order valence-corrected chi connectivity index (χ1v) is 19.0. The molecule has 0 bridgehead atoms. The lowest BCUT2D eigenvalue weighted by atomic mass is 9.84. The third-order valence-corrected chi connectivity index (χ3v) is 10.4. The van der Waals surface area contributed by atoms with E-state index in [1.807, 2.05) is 121 Å². The van der Waals surface area contributed by atoms with Gasteiger partial charge in [-0.25, -0.2) is 4.79 Å². The molecule has 0 aliphatic carbocycles. The van der Waals surface area contributed by atoms with Crippen molar-refractivity contribution in [3.8, 4) is 0 Å². The molecule has 1 aliphatic heterocycles. The third kappa shape index (κ3) is 10.4. The fourth-order valence-electron chi connectivity index (χ4n) is 6.50. The smallest absolute Gasteiger partial charge is 0.315 e. The lowest BCUT2D eigenvalue weighted by Gasteiger charge is -2.43. The molecule has 6 rings (SSSR count). The number of rotatable bonds is 14. The van der Waals surface area contributed by atoms with E-state index in [0.29, 0.717) is 12.2 Å². The van der Waals surface area contributed by atoms with Crippen LogP contribution >= 0.6 is 11.8 Å². The summed E-state index contributed by atoms with van der Waals surface area (Å²) in [6.07, 6.45) is -0.882. The molecule has 1 fully saturated rings. The number of carbonyl (C=O) groups is 3. The number of Topliss-reactive ketones (excluding diaryl/α,β-unsaturated/α-hetero) is 1. The second-order valence-electron chi connectivity index (χ2n) is 13.3. The van der Waals surface area contributed by atoms with Crippen LogP contribution in [0.2, 0.25) is 0 Å². The number of urea groups is 1. The third-order valence-electron chi connectivity index (χ3n) is 9.34. The number of thioether (sulfide) groups is 1. The van der Waals surface area contributed by atoms with Crippen LogP contribution in [0.4, 0.5) is 10.5 Å². The molecule has 5 aromatic carbocycles. The molecule has 9 nitrogen and oxygen atoms in total. The first-order chi connectivity index (χ1) is 26.2. The fraction of sp³-hybridized carbons (Fsp3) is 0.250. The van der Waals surface area contributed by atoms with Crippen molar-refractivity contribution >= 4 is 35.2 Å². The first kappa shape index (κ1) is 38.5. The van der Waals surface area contributed by atoms with Gasteiger partial charge in [-0.05, 0) is 65.4 Å². The summed E-state index contributed by atoms with van der Waals surface area (Å²) in [5.41, 5.74) is 6.31. The number of aliphatic hydroxyl groups excluding tert-OH is 1. The number of ketones is 1. The zero-order valence-corrected chi connectivity index (χ0v) is 31.1. The number of carbonyl (C=O) groups excluding carboxylic acids is 3. The van der Waals surface area contributed by atoms with Crippen LogP contribution in [0.3, 0.4) is 0 Å². The zero-order valence-electron chi connectivity index (χ0n) is 30.3. The Hall–Kier alpha value is -5.26. The number of anilines is 1. The highest BCUT2D eigenvalue weighted by Gasteiger charge is 2.42. The Balaban J connectivity index is 1.19. The van der Waals surface area contributed by atoms with Crippen molar-refractivity contribution in [1.82, 2.24) is 10.6 Å². The van der Waals surface area contributed by atoms with E-state index in [1.54, 1.807) is 11.8 Å². The summed E-state index contributed by atoms with van der Waals surface area (Å²) in [6, 6.07) is 42.2. The molecule has 0 aromatic heterocycles. The standard InChI is InChI=1S/C44H45N3O6S/c1-29(49)39(25-31-9-5-3-6-10-31)47-44(51)45-26-32-13-19-36(20-14-32)43-52-40(28-54-38-23-21-37(22-24-38)46-30(2)50)41(34-11-7-4-8-12-34)42(53-43)35-17-15-33(27-48)16-18-35/h3-24,39-43,48H,25-28H2,1-2H3,(H,46,50)(H2,45,47,51)/t39-,40-,41-,42+,43?/m1/s1. The fourth-order valence-corrected chi connectivity index (χ4v) is 7.47. The molecule has 3 amide bonds. The van der Waals surface area contributed by atoms with Gasteiger partial charge in [-0.15, -0.1) is 11.8 Å². The van der Waals surface area contributed by atoms with Gasteiger partial charge in [0.05, 0.1) is 24.9 Å². The number of hydrogen-bond donors (Lipinski definition) is 4. The van der Waals surface area contributed by atoms with E-state index in [9.17, 15) is 19.5 Å². The van der Waals surface area contributed by atoms with Gasteiger partial charge in [0.25, 0.3) is 0 Å². The average Bonchev–Trinajstić information content (AvgIpc) is 3.20. The van der Waals surface area contributed by atoms with Crippen LogP contribution < -0.4 is 16.0 Å². The second-order valence-corrected chi connectivity index (χ2v) is 14.4. The zero-order chi connectivity index (χ0) is 37.9. The first-order valence-electron chi connectivity index (χ1n) is 18.0. The lowest BCUT2D eigenvalue weighted by molar-refractivity contribution is -0.255.